The molecular weight excluding hydrogens is 374 g/mol. The zero-order valence-corrected chi connectivity index (χ0v) is 18.1. The van der Waals surface area contributed by atoms with Gasteiger partial charge in [-0.15, -0.1) is 21.5 Å². The molecule has 0 atom stereocenters. The third kappa shape index (κ3) is 5.52. The van der Waals surface area contributed by atoms with Gasteiger partial charge < -0.3 is 19.9 Å². The first-order valence-electron chi connectivity index (χ1n) is 9.68. The molecule has 9 heteroatoms. The first-order valence-corrected chi connectivity index (χ1v) is 10.6. The molecule has 2 N–H and O–H groups in total. The van der Waals surface area contributed by atoms with E-state index >= 15 is 0 Å². The van der Waals surface area contributed by atoms with E-state index in [-0.39, 0.29) is 5.54 Å². The van der Waals surface area contributed by atoms with E-state index in [0.29, 0.717) is 6.54 Å². The molecule has 0 unspecified atom stereocenters. The van der Waals surface area contributed by atoms with Crippen LogP contribution in [0.15, 0.2) is 22.5 Å². The molecule has 0 spiro atoms. The molecule has 28 heavy (non-hydrogen) atoms. The number of nitrogens with one attached hydrogen (secondary N) is 2. The zero-order valence-electron chi connectivity index (χ0n) is 17.2. The quantitative estimate of drug-likeness (QED) is 0.537. The van der Waals surface area contributed by atoms with E-state index < -0.39 is 0 Å². The van der Waals surface area contributed by atoms with Crippen molar-refractivity contribution >= 4 is 17.3 Å². The second-order valence-electron chi connectivity index (χ2n) is 7.59. The van der Waals surface area contributed by atoms with Crippen molar-refractivity contribution in [1.29, 1.82) is 0 Å². The number of rotatable bonds is 7. The monoisotopic (exact) mass is 405 g/mol. The van der Waals surface area contributed by atoms with E-state index in [1.807, 2.05) is 18.5 Å². The summed E-state index contributed by atoms with van der Waals surface area (Å²) in [6, 6.07) is 4.19. The normalized spacial score (nSPS) is 16.4. The Kier molecular flexibility index (Phi) is 7.03. The van der Waals surface area contributed by atoms with Crippen molar-refractivity contribution < 1.29 is 4.74 Å². The maximum absolute atomic E-state index is 5.49. The Labute approximate surface area is 171 Å². The molecule has 0 amide bonds. The minimum atomic E-state index is 0.0104. The van der Waals surface area contributed by atoms with Crippen LogP contribution in [0.1, 0.15) is 30.4 Å². The summed E-state index contributed by atoms with van der Waals surface area (Å²) in [5, 5.41) is 17.4. The Hall–Kier alpha value is -1.97. The fourth-order valence-corrected chi connectivity index (χ4v) is 3.72. The second-order valence-corrected chi connectivity index (χ2v) is 8.62. The van der Waals surface area contributed by atoms with Gasteiger partial charge in [-0.05, 0) is 32.2 Å². The summed E-state index contributed by atoms with van der Waals surface area (Å²) < 4.78 is 7.46. The number of hydrogen-bond acceptors (Lipinski definition) is 6. The molecule has 2 aromatic rings. The van der Waals surface area contributed by atoms with Gasteiger partial charge in [-0.3, -0.25) is 4.90 Å². The minimum absolute atomic E-state index is 0.0104. The van der Waals surface area contributed by atoms with Gasteiger partial charge >= 0.3 is 0 Å². The highest BCUT2D eigenvalue weighted by atomic mass is 32.1. The number of ether oxygens (including phenoxy) is 1. The number of morpholine rings is 1. The maximum atomic E-state index is 5.49. The molecule has 0 radical (unpaired) electrons. The first-order chi connectivity index (χ1) is 13.5. The Balaban J connectivity index is 1.64. The molecular formula is C19H31N7OS. The van der Waals surface area contributed by atoms with Gasteiger partial charge in [0, 0.05) is 37.1 Å². The van der Waals surface area contributed by atoms with E-state index in [1.54, 1.807) is 11.3 Å². The molecule has 2 aromatic heterocycles. The molecule has 1 aliphatic heterocycles. The van der Waals surface area contributed by atoms with Crippen LogP contribution in [0, 0.1) is 6.92 Å². The smallest absolute Gasteiger partial charge is 0.192 e. The number of hydrogen-bond donors (Lipinski definition) is 2. The predicted octanol–water partition coefficient (Wildman–Crippen LogP) is 1.53. The maximum Gasteiger partial charge on any atom is 0.192 e. The topological polar surface area (TPSA) is 79.6 Å². The summed E-state index contributed by atoms with van der Waals surface area (Å²) in [5.41, 5.74) is 0.0104. The van der Waals surface area contributed by atoms with Crippen molar-refractivity contribution in [3.05, 3.63) is 34.0 Å². The van der Waals surface area contributed by atoms with Crippen LogP contribution in [-0.4, -0.2) is 64.0 Å². The van der Waals surface area contributed by atoms with Crippen LogP contribution in [0.4, 0.5) is 0 Å². The molecule has 0 aromatic carbocycles. The number of aromatic nitrogens is 3. The molecule has 1 saturated heterocycles. The standard InChI is InChI=1S/C19H31N7OS/c1-15-23-24-17(25(15)4)13-21-18(20-12-16-6-5-11-28-16)22-14-19(2,3)26-7-9-27-10-8-26/h5-6,11H,7-10,12-14H2,1-4H3,(H2,20,21,22). The van der Waals surface area contributed by atoms with Crippen LogP contribution in [-0.2, 0) is 24.9 Å². The number of aliphatic imine (C=N–C) groups is 1. The molecule has 8 nitrogen and oxygen atoms in total. The van der Waals surface area contributed by atoms with Crippen molar-refractivity contribution in [2.24, 2.45) is 12.0 Å². The van der Waals surface area contributed by atoms with E-state index in [4.69, 9.17) is 9.73 Å². The lowest BCUT2D eigenvalue weighted by atomic mass is 10.0. The Bertz CT molecular complexity index is 763. The average molecular weight is 406 g/mol. The largest absolute Gasteiger partial charge is 0.379 e. The number of thiophene rings is 1. The highest BCUT2D eigenvalue weighted by Crippen LogP contribution is 2.15. The first kappa shape index (κ1) is 20.8. The lowest BCUT2D eigenvalue weighted by molar-refractivity contribution is -0.00834. The summed E-state index contributed by atoms with van der Waals surface area (Å²) in [7, 11) is 1.97. The highest BCUT2D eigenvalue weighted by Gasteiger charge is 2.28. The van der Waals surface area contributed by atoms with Gasteiger partial charge in [0.25, 0.3) is 0 Å². The molecule has 0 saturated carbocycles. The second kappa shape index (κ2) is 9.49. The third-order valence-corrected chi connectivity index (χ3v) is 6.00. The fourth-order valence-electron chi connectivity index (χ4n) is 3.08. The molecule has 0 bridgehead atoms. The number of nitrogens with zero attached hydrogens (tertiary/aromatic N) is 5. The summed E-state index contributed by atoms with van der Waals surface area (Å²) in [6.45, 7) is 12.0. The Morgan fingerprint density at radius 2 is 2.07 bits per heavy atom. The zero-order chi connectivity index (χ0) is 20.0. The van der Waals surface area contributed by atoms with Crippen LogP contribution in [0.25, 0.3) is 0 Å². The van der Waals surface area contributed by atoms with Crippen molar-refractivity contribution in [3.63, 3.8) is 0 Å². The predicted molar refractivity (Wildman–Crippen MR) is 113 cm³/mol. The van der Waals surface area contributed by atoms with Crippen LogP contribution in [0.3, 0.4) is 0 Å². The SMILES string of the molecule is Cc1nnc(CN=C(NCc2cccs2)NCC(C)(C)N2CCOCC2)n1C. The molecule has 154 valence electrons. The number of guanidine groups is 1. The summed E-state index contributed by atoms with van der Waals surface area (Å²) >= 11 is 1.74. The molecule has 1 aliphatic rings. The summed E-state index contributed by atoms with van der Waals surface area (Å²) in [5.74, 6) is 2.53. The molecule has 1 fully saturated rings. The summed E-state index contributed by atoms with van der Waals surface area (Å²) in [4.78, 5) is 8.49. The molecule has 0 aliphatic carbocycles. The Morgan fingerprint density at radius 1 is 1.29 bits per heavy atom. The van der Waals surface area contributed by atoms with E-state index in [9.17, 15) is 0 Å². The van der Waals surface area contributed by atoms with Crippen LogP contribution in [0.5, 0.6) is 0 Å². The van der Waals surface area contributed by atoms with Crippen molar-refractivity contribution in [1.82, 2.24) is 30.3 Å². The lowest BCUT2D eigenvalue weighted by Gasteiger charge is -2.41. The average Bonchev–Trinajstić information content (AvgIpc) is 3.33. The van der Waals surface area contributed by atoms with Gasteiger partial charge in [0.05, 0.1) is 19.8 Å². The lowest BCUT2D eigenvalue weighted by Crippen LogP contribution is -2.56. The van der Waals surface area contributed by atoms with Crippen molar-refractivity contribution in [3.8, 4) is 0 Å². The Morgan fingerprint density at radius 3 is 2.71 bits per heavy atom. The van der Waals surface area contributed by atoms with E-state index in [1.165, 1.54) is 4.88 Å². The highest BCUT2D eigenvalue weighted by molar-refractivity contribution is 7.09. The molecule has 3 rings (SSSR count). The third-order valence-electron chi connectivity index (χ3n) is 5.13. The van der Waals surface area contributed by atoms with Gasteiger partial charge in [-0.25, -0.2) is 4.99 Å². The number of aryl methyl sites for hydroxylation is 1. The van der Waals surface area contributed by atoms with Gasteiger partial charge in [0.1, 0.15) is 12.4 Å². The van der Waals surface area contributed by atoms with Crippen LogP contribution >= 0.6 is 11.3 Å². The van der Waals surface area contributed by atoms with Crippen molar-refractivity contribution in [2.45, 2.75) is 39.4 Å². The van der Waals surface area contributed by atoms with Crippen molar-refractivity contribution in [2.75, 3.05) is 32.8 Å². The van der Waals surface area contributed by atoms with Crippen LogP contribution in [0.2, 0.25) is 0 Å². The fraction of sp³-hybridized carbons (Fsp3) is 0.632. The van der Waals surface area contributed by atoms with Gasteiger partial charge in [0.2, 0.25) is 0 Å². The van der Waals surface area contributed by atoms with Gasteiger partial charge in [0.15, 0.2) is 11.8 Å². The van der Waals surface area contributed by atoms with E-state index in [0.717, 1.165) is 57.0 Å². The molecule has 3 heterocycles. The van der Waals surface area contributed by atoms with Gasteiger partial charge in [-0.2, -0.15) is 0 Å². The van der Waals surface area contributed by atoms with Gasteiger partial charge in [-0.1, -0.05) is 6.07 Å². The van der Waals surface area contributed by atoms with E-state index in [2.05, 4.69) is 57.1 Å². The van der Waals surface area contributed by atoms with Crippen LogP contribution < -0.4 is 10.6 Å². The summed E-state index contributed by atoms with van der Waals surface area (Å²) in [6.07, 6.45) is 0. The minimum Gasteiger partial charge on any atom is -0.379 e.